The molecule has 3 N–H and O–H groups in total. The third-order valence-electron chi connectivity index (χ3n) is 5.06. The van der Waals surface area contributed by atoms with Crippen molar-refractivity contribution in [3.05, 3.63) is 82.5 Å². The molecule has 0 unspecified atom stereocenters. The van der Waals surface area contributed by atoms with E-state index < -0.39 is 0 Å². The fraction of sp³-hybridized carbons (Fsp3) is 0.217. The second kappa shape index (κ2) is 7.72. The number of anilines is 1. The average molecular weight is 372 g/mol. The third kappa shape index (κ3) is 3.43. The van der Waals surface area contributed by atoms with Gasteiger partial charge in [-0.25, -0.2) is 4.98 Å². The first-order valence-electron chi connectivity index (χ1n) is 9.68. The predicted molar refractivity (Wildman–Crippen MR) is 114 cm³/mol. The van der Waals surface area contributed by atoms with Crippen LogP contribution in [0.1, 0.15) is 31.2 Å². The molecule has 28 heavy (non-hydrogen) atoms. The second-order valence-electron chi connectivity index (χ2n) is 7.04. The van der Waals surface area contributed by atoms with Crippen LogP contribution < -0.4 is 11.3 Å². The summed E-state index contributed by atoms with van der Waals surface area (Å²) < 4.78 is 2.05. The molecule has 0 aliphatic heterocycles. The number of benzene rings is 2. The zero-order valence-corrected chi connectivity index (χ0v) is 16.0. The summed E-state index contributed by atoms with van der Waals surface area (Å²) in [5, 5.41) is 0. The normalized spacial score (nSPS) is 11.2. The fourth-order valence-corrected chi connectivity index (χ4v) is 3.57. The Morgan fingerprint density at radius 2 is 1.86 bits per heavy atom. The maximum Gasteiger partial charge on any atom is 0.274 e. The van der Waals surface area contributed by atoms with Gasteiger partial charge in [0.25, 0.3) is 5.56 Å². The first-order chi connectivity index (χ1) is 13.7. The summed E-state index contributed by atoms with van der Waals surface area (Å²) in [6.45, 7) is 2.78. The lowest BCUT2D eigenvalue weighted by atomic mass is 10.0. The van der Waals surface area contributed by atoms with Gasteiger partial charge >= 0.3 is 0 Å². The van der Waals surface area contributed by atoms with E-state index in [4.69, 9.17) is 10.7 Å². The van der Waals surface area contributed by atoms with Crippen LogP contribution >= 0.6 is 0 Å². The average Bonchev–Trinajstić information content (AvgIpc) is 3.06. The lowest BCUT2D eigenvalue weighted by molar-refractivity contribution is 0.688. The molecule has 0 aliphatic carbocycles. The number of aromatic nitrogens is 3. The summed E-state index contributed by atoms with van der Waals surface area (Å²) in [5.41, 5.74) is 11.4. The van der Waals surface area contributed by atoms with Gasteiger partial charge in [0.1, 0.15) is 11.3 Å². The molecule has 2 heterocycles. The number of nitrogens with zero attached hydrogens (tertiary/aromatic N) is 2. The third-order valence-corrected chi connectivity index (χ3v) is 5.06. The van der Waals surface area contributed by atoms with E-state index in [1.54, 1.807) is 6.20 Å². The highest BCUT2D eigenvalue weighted by atomic mass is 16.1. The minimum Gasteiger partial charge on any atom is -0.398 e. The molecule has 0 saturated carbocycles. The van der Waals surface area contributed by atoms with Gasteiger partial charge in [0.05, 0.1) is 5.52 Å². The molecule has 5 nitrogen and oxygen atoms in total. The number of H-pyrrole nitrogens is 1. The molecule has 2 aromatic heterocycles. The Labute approximate surface area is 163 Å². The van der Waals surface area contributed by atoms with Crippen LogP contribution in [0.5, 0.6) is 0 Å². The van der Waals surface area contributed by atoms with Crippen molar-refractivity contribution in [1.82, 2.24) is 14.5 Å². The molecule has 4 rings (SSSR count). The van der Waals surface area contributed by atoms with E-state index in [0.717, 1.165) is 53.0 Å². The Balaban J connectivity index is 1.70. The van der Waals surface area contributed by atoms with Crippen molar-refractivity contribution in [2.45, 2.75) is 32.7 Å². The zero-order valence-electron chi connectivity index (χ0n) is 16.0. The largest absolute Gasteiger partial charge is 0.398 e. The van der Waals surface area contributed by atoms with Crippen LogP contribution in [-0.2, 0) is 13.0 Å². The number of para-hydroxylation sites is 1. The predicted octanol–water partition coefficient (Wildman–Crippen LogP) is 4.36. The minimum atomic E-state index is -0.0959. The second-order valence-corrected chi connectivity index (χ2v) is 7.04. The van der Waals surface area contributed by atoms with Gasteiger partial charge in [-0.05, 0) is 29.7 Å². The minimum absolute atomic E-state index is 0.0959. The maximum absolute atomic E-state index is 12.4. The van der Waals surface area contributed by atoms with Crippen LogP contribution in [0.15, 0.2) is 65.6 Å². The van der Waals surface area contributed by atoms with Gasteiger partial charge in [-0.1, -0.05) is 55.8 Å². The van der Waals surface area contributed by atoms with Crippen molar-refractivity contribution >= 4 is 16.7 Å². The Hall–Kier alpha value is -3.34. The lowest BCUT2D eigenvalue weighted by Crippen LogP contribution is -2.13. The van der Waals surface area contributed by atoms with Gasteiger partial charge in [0.15, 0.2) is 0 Å². The highest BCUT2D eigenvalue weighted by Crippen LogP contribution is 2.26. The quantitative estimate of drug-likeness (QED) is 0.494. The summed E-state index contributed by atoms with van der Waals surface area (Å²) in [5.74, 6) is 0.963. The molecule has 142 valence electrons. The number of hydrogen-bond acceptors (Lipinski definition) is 3. The molecule has 0 bridgehead atoms. The molecule has 0 fully saturated rings. The number of fused-ring (bicyclic) bond motifs is 1. The van der Waals surface area contributed by atoms with E-state index in [1.807, 2.05) is 30.3 Å². The summed E-state index contributed by atoms with van der Waals surface area (Å²) >= 11 is 0. The molecule has 0 radical (unpaired) electrons. The molecule has 0 saturated heterocycles. The lowest BCUT2D eigenvalue weighted by Gasteiger charge is -2.10. The van der Waals surface area contributed by atoms with E-state index in [-0.39, 0.29) is 5.56 Å². The van der Waals surface area contributed by atoms with Crippen LogP contribution in [0.4, 0.5) is 5.69 Å². The van der Waals surface area contributed by atoms with E-state index in [1.165, 1.54) is 0 Å². The summed E-state index contributed by atoms with van der Waals surface area (Å²) in [4.78, 5) is 19.9. The number of rotatable bonds is 6. The number of imidazole rings is 1. The Morgan fingerprint density at radius 3 is 2.61 bits per heavy atom. The van der Waals surface area contributed by atoms with Crippen LogP contribution in [0.2, 0.25) is 0 Å². The van der Waals surface area contributed by atoms with E-state index in [0.29, 0.717) is 12.1 Å². The molecule has 4 aromatic rings. The van der Waals surface area contributed by atoms with Gasteiger partial charge in [0.2, 0.25) is 0 Å². The Morgan fingerprint density at radius 1 is 1.07 bits per heavy atom. The van der Waals surface area contributed by atoms with Gasteiger partial charge in [0, 0.05) is 30.4 Å². The van der Waals surface area contributed by atoms with Crippen molar-refractivity contribution < 1.29 is 0 Å². The maximum atomic E-state index is 12.4. The van der Waals surface area contributed by atoms with Crippen LogP contribution in [0.3, 0.4) is 0 Å². The first kappa shape index (κ1) is 18.0. The van der Waals surface area contributed by atoms with Crippen LogP contribution in [0, 0.1) is 0 Å². The summed E-state index contributed by atoms with van der Waals surface area (Å²) in [7, 11) is 0. The molecule has 0 amide bonds. The van der Waals surface area contributed by atoms with Crippen molar-refractivity contribution in [3.63, 3.8) is 0 Å². The number of hydrogen-bond donors (Lipinski definition) is 2. The molecular weight excluding hydrogens is 348 g/mol. The van der Waals surface area contributed by atoms with Crippen molar-refractivity contribution in [3.8, 4) is 11.1 Å². The summed E-state index contributed by atoms with van der Waals surface area (Å²) in [6.07, 6.45) is 4.66. The SMILES string of the molecule is CCCCc1nc2cc[nH]c(=O)c2n1Cc1ccc(-c2ccccc2N)cc1. The number of nitrogen functional groups attached to an aromatic ring is 1. The Bertz CT molecular complexity index is 1160. The highest BCUT2D eigenvalue weighted by molar-refractivity contribution is 5.76. The van der Waals surface area contributed by atoms with Gasteiger partial charge in [-0.2, -0.15) is 0 Å². The molecule has 2 aromatic carbocycles. The molecule has 5 heteroatoms. The highest BCUT2D eigenvalue weighted by Gasteiger charge is 2.14. The number of aromatic amines is 1. The molecule has 0 spiro atoms. The van der Waals surface area contributed by atoms with Crippen LogP contribution in [-0.4, -0.2) is 14.5 Å². The molecule has 0 atom stereocenters. The number of unbranched alkanes of at least 4 members (excludes halogenated alkanes) is 1. The smallest absolute Gasteiger partial charge is 0.274 e. The van der Waals surface area contributed by atoms with Gasteiger partial charge in [-0.15, -0.1) is 0 Å². The number of nitrogens with one attached hydrogen (secondary N) is 1. The summed E-state index contributed by atoms with van der Waals surface area (Å²) in [6, 6.07) is 18.1. The van der Waals surface area contributed by atoms with Crippen LogP contribution in [0.25, 0.3) is 22.2 Å². The number of aryl methyl sites for hydroxylation is 1. The standard InChI is InChI=1S/C23H24N4O/c1-2-3-8-21-26-20-13-14-25-23(28)22(20)27(21)15-16-9-11-17(12-10-16)18-6-4-5-7-19(18)24/h4-7,9-14H,2-3,8,15,24H2,1H3,(H,25,28). The van der Waals surface area contributed by atoms with Crippen molar-refractivity contribution in [2.24, 2.45) is 0 Å². The zero-order chi connectivity index (χ0) is 19.5. The van der Waals surface area contributed by atoms with Gasteiger partial charge in [-0.3, -0.25) is 4.79 Å². The Kier molecular flexibility index (Phi) is 4.98. The monoisotopic (exact) mass is 372 g/mol. The number of pyridine rings is 1. The number of nitrogens with two attached hydrogens (primary N) is 1. The van der Waals surface area contributed by atoms with E-state index in [9.17, 15) is 4.79 Å². The van der Waals surface area contributed by atoms with Crippen molar-refractivity contribution in [2.75, 3.05) is 5.73 Å². The topological polar surface area (TPSA) is 76.7 Å². The molecule has 0 aliphatic rings. The van der Waals surface area contributed by atoms with E-state index >= 15 is 0 Å². The molecular formula is C23H24N4O. The first-order valence-corrected chi connectivity index (χ1v) is 9.68. The van der Waals surface area contributed by atoms with E-state index in [2.05, 4.69) is 40.7 Å². The van der Waals surface area contributed by atoms with Gasteiger partial charge < -0.3 is 15.3 Å². The fourth-order valence-electron chi connectivity index (χ4n) is 3.57. The van der Waals surface area contributed by atoms with Crippen molar-refractivity contribution in [1.29, 1.82) is 0 Å².